The Morgan fingerprint density at radius 1 is 1.04 bits per heavy atom. The molecule has 0 radical (unpaired) electrons. The second kappa shape index (κ2) is 5.76. The van der Waals surface area contributed by atoms with E-state index in [0.29, 0.717) is 22.7 Å². The zero-order valence-corrected chi connectivity index (χ0v) is 16.1. The van der Waals surface area contributed by atoms with Gasteiger partial charge in [0.1, 0.15) is 17.5 Å². The molecular formula is C17H23N9. The minimum Gasteiger partial charge on any atom is -0.278 e. The normalized spacial score (nSPS) is 13.0. The molecule has 0 spiro atoms. The number of hydrogen-bond acceptors (Lipinski definition) is 6. The smallest absolute Gasteiger partial charge is 0.213 e. The second-order valence-corrected chi connectivity index (χ2v) is 8.34. The van der Waals surface area contributed by atoms with Crippen LogP contribution in [-0.2, 0) is 10.8 Å². The molecule has 0 bridgehead atoms. The van der Waals surface area contributed by atoms with Gasteiger partial charge in [-0.25, -0.2) is 4.98 Å². The van der Waals surface area contributed by atoms with Gasteiger partial charge in [0, 0.05) is 10.8 Å². The van der Waals surface area contributed by atoms with Gasteiger partial charge in [-0.15, -0.1) is 15.3 Å². The van der Waals surface area contributed by atoms with Crippen molar-refractivity contribution in [1.29, 1.82) is 5.26 Å². The molecule has 3 aromatic heterocycles. The third kappa shape index (κ3) is 2.98. The first-order chi connectivity index (χ1) is 12.0. The lowest BCUT2D eigenvalue weighted by Gasteiger charge is -2.16. The molecule has 26 heavy (non-hydrogen) atoms. The molecule has 0 aliphatic rings. The van der Waals surface area contributed by atoms with Crippen molar-refractivity contribution >= 4 is 17.2 Å². The number of fused-ring (bicyclic) bond motifs is 1. The van der Waals surface area contributed by atoms with Gasteiger partial charge in [0.2, 0.25) is 11.5 Å². The number of H-pyrrole nitrogens is 2. The molecular weight excluding hydrogens is 330 g/mol. The van der Waals surface area contributed by atoms with Crippen LogP contribution in [-0.4, -0.2) is 30.0 Å². The zero-order chi connectivity index (χ0) is 19.3. The Balaban J connectivity index is 2.12. The van der Waals surface area contributed by atoms with E-state index in [1.165, 1.54) is 0 Å². The van der Waals surface area contributed by atoms with Crippen LogP contribution in [0.3, 0.4) is 0 Å². The summed E-state index contributed by atoms with van der Waals surface area (Å²) in [7, 11) is 0. The third-order valence-corrected chi connectivity index (χ3v) is 3.98. The SMILES string of the molecule is Cc1nc2c(N=Nc3n[nH]c(C(C)(C)C)c3C#N)c(C(C)(C)C)[nH]n2n1. The molecule has 9 nitrogen and oxygen atoms in total. The van der Waals surface area contributed by atoms with Crippen molar-refractivity contribution < 1.29 is 0 Å². The summed E-state index contributed by atoms with van der Waals surface area (Å²) in [4.78, 5) is 4.42. The van der Waals surface area contributed by atoms with Gasteiger partial charge in [-0.2, -0.15) is 15.0 Å². The predicted molar refractivity (Wildman–Crippen MR) is 97.0 cm³/mol. The van der Waals surface area contributed by atoms with Crippen molar-refractivity contribution in [1.82, 2.24) is 30.0 Å². The fourth-order valence-electron chi connectivity index (χ4n) is 2.69. The van der Waals surface area contributed by atoms with Gasteiger partial charge in [0.15, 0.2) is 5.69 Å². The highest BCUT2D eigenvalue weighted by molar-refractivity contribution is 5.68. The largest absolute Gasteiger partial charge is 0.278 e. The van der Waals surface area contributed by atoms with Gasteiger partial charge in [-0.05, 0) is 6.92 Å². The van der Waals surface area contributed by atoms with Gasteiger partial charge < -0.3 is 0 Å². The summed E-state index contributed by atoms with van der Waals surface area (Å²) in [5.41, 5.74) is 2.76. The standard InChI is InChI=1S/C17H23N9/c1-9-19-15-11(13(17(5,6)7)25-26(15)24-9)20-22-14-10(8-18)12(21-23-14)16(2,3)4/h25H,1-7H3,(H,21,23). The highest BCUT2D eigenvalue weighted by Crippen LogP contribution is 2.35. The zero-order valence-electron chi connectivity index (χ0n) is 16.1. The van der Waals surface area contributed by atoms with Crippen LogP contribution in [0.1, 0.15) is 64.3 Å². The molecule has 0 unspecified atom stereocenters. The molecule has 9 heteroatoms. The molecule has 0 saturated heterocycles. The number of aryl methyl sites for hydroxylation is 1. The van der Waals surface area contributed by atoms with E-state index < -0.39 is 0 Å². The van der Waals surface area contributed by atoms with Crippen LogP contribution >= 0.6 is 0 Å². The highest BCUT2D eigenvalue weighted by atomic mass is 15.5. The van der Waals surface area contributed by atoms with Crippen LogP contribution in [0.25, 0.3) is 5.65 Å². The van der Waals surface area contributed by atoms with Crippen molar-refractivity contribution in [3.8, 4) is 6.07 Å². The molecule has 3 heterocycles. The number of nitriles is 1. The van der Waals surface area contributed by atoms with E-state index in [-0.39, 0.29) is 16.6 Å². The number of rotatable bonds is 2. The summed E-state index contributed by atoms with van der Waals surface area (Å²) < 4.78 is 1.60. The molecule has 0 aliphatic carbocycles. The van der Waals surface area contributed by atoms with Gasteiger partial charge in [0.25, 0.3) is 0 Å². The average molecular weight is 353 g/mol. The van der Waals surface area contributed by atoms with Gasteiger partial charge >= 0.3 is 0 Å². The summed E-state index contributed by atoms with van der Waals surface area (Å²) in [5.74, 6) is 0.911. The minimum atomic E-state index is -0.242. The monoisotopic (exact) mass is 353 g/mol. The van der Waals surface area contributed by atoms with Gasteiger partial charge in [-0.3, -0.25) is 10.2 Å². The number of azo groups is 1. The molecule has 0 atom stereocenters. The van der Waals surface area contributed by atoms with Crippen LogP contribution < -0.4 is 0 Å². The Morgan fingerprint density at radius 3 is 2.27 bits per heavy atom. The number of aromatic amines is 2. The molecule has 0 amide bonds. The molecule has 0 fully saturated rings. The van der Waals surface area contributed by atoms with Crippen molar-refractivity contribution in [2.24, 2.45) is 10.2 Å². The first kappa shape index (κ1) is 17.8. The summed E-state index contributed by atoms with van der Waals surface area (Å²) in [5, 5.41) is 32.8. The predicted octanol–water partition coefficient (Wildman–Crippen LogP) is 3.97. The lowest BCUT2D eigenvalue weighted by atomic mass is 9.90. The van der Waals surface area contributed by atoms with Crippen LogP contribution in [0.5, 0.6) is 0 Å². The van der Waals surface area contributed by atoms with E-state index in [1.54, 1.807) is 4.63 Å². The van der Waals surface area contributed by atoms with Crippen LogP contribution in [0.15, 0.2) is 10.2 Å². The lowest BCUT2D eigenvalue weighted by molar-refractivity contribution is 0.557. The van der Waals surface area contributed by atoms with Crippen LogP contribution in [0.2, 0.25) is 0 Å². The van der Waals surface area contributed by atoms with E-state index in [0.717, 1.165) is 11.4 Å². The molecule has 136 valence electrons. The molecule has 2 N–H and O–H groups in total. The number of hydrogen-bond donors (Lipinski definition) is 2. The first-order valence-corrected chi connectivity index (χ1v) is 8.39. The quantitative estimate of drug-likeness (QED) is 0.676. The molecule has 3 aromatic rings. The fourth-order valence-corrected chi connectivity index (χ4v) is 2.69. The summed E-state index contributed by atoms with van der Waals surface area (Å²) >= 11 is 0. The molecule has 3 rings (SSSR count). The van der Waals surface area contributed by atoms with E-state index in [2.05, 4.69) is 62.4 Å². The van der Waals surface area contributed by atoms with Gasteiger partial charge in [-0.1, -0.05) is 41.5 Å². The number of nitrogens with one attached hydrogen (secondary N) is 2. The summed E-state index contributed by atoms with van der Waals surface area (Å²) in [6.45, 7) is 14.0. The van der Waals surface area contributed by atoms with Crippen LogP contribution in [0, 0.1) is 18.3 Å². The Kier molecular flexibility index (Phi) is 3.94. The Morgan fingerprint density at radius 2 is 1.69 bits per heavy atom. The maximum absolute atomic E-state index is 9.52. The van der Waals surface area contributed by atoms with E-state index in [9.17, 15) is 5.26 Å². The van der Waals surface area contributed by atoms with Crippen molar-refractivity contribution in [2.45, 2.75) is 59.3 Å². The Bertz CT molecular complexity index is 1030. The highest BCUT2D eigenvalue weighted by Gasteiger charge is 2.26. The molecule has 0 saturated carbocycles. The van der Waals surface area contributed by atoms with Gasteiger partial charge in [0.05, 0.1) is 11.4 Å². The topological polar surface area (TPSA) is 123 Å². The van der Waals surface area contributed by atoms with Crippen molar-refractivity contribution in [3.05, 3.63) is 22.8 Å². The number of aromatic nitrogens is 6. The first-order valence-electron chi connectivity index (χ1n) is 8.39. The average Bonchev–Trinajstić information content (AvgIpc) is 3.15. The second-order valence-electron chi connectivity index (χ2n) is 8.34. The molecule has 0 aromatic carbocycles. The Labute approximate surface area is 151 Å². The van der Waals surface area contributed by atoms with E-state index in [1.807, 2.05) is 27.7 Å². The Hall–Kier alpha value is -3.02. The maximum atomic E-state index is 9.52. The molecule has 0 aliphatic heterocycles. The van der Waals surface area contributed by atoms with Crippen LogP contribution in [0.4, 0.5) is 11.5 Å². The third-order valence-electron chi connectivity index (χ3n) is 3.98. The summed E-state index contributed by atoms with van der Waals surface area (Å²) in [6.07, 6.45) is 0. The minimum absolute atomic E-state index is 0.204. The van der Waals surface area contributed by atoms with Crippen molar-refractivity contribution in [2.75, 3.05) is 0 Å². The lowest BCUT2D eigenvalue weighted by Crippen LogP contribution is -2.13. The maximum Gasteiger partial charge on any atom is 0.213 e. The van der Waals surface area contributed by atoms with Crippen molar-refractivity contribution in [3.63, 3.8) is 0 Å². The fraction of sp³-hybridized carbons (Fsp3) is 0.529. The van der Waals surface area contributed by atoms with E-state index in [4.69, 9.17) is 0 Å². The van der Waals surface area contributed by atoms with E-state index >= 15 is 0 Å². The number of nitrogens with zero attached hydrogens (tertiary/aromatic N) is 7. The summed E-state index contributed by atoms with van der Waals surface area (Å²) in [6, 6.07) is 2.18.